The van der Waals surface area contributed by atoms with Gasteiger partial charge in [-0.15, -0.1) is 0 Å². The minimum absolute atomic E-state index is 0.448. The summed E-state index contributed by atoms with van der Waals surface area (Å²) in [6, 6.07) is 2.02. The van der Waals surface area contributed by atoms with Crippen molar-refractivity contribution in [3.63, 3.8) is 0 Å². The Bertz CT molecular complexity index is 382. The monoisotopic (exact) mass is 264 g/mol. The van der Waals surface area contributed by atoms with Gasteiger partial charge in [-0.2, -0.15) is 0 Å². The number of hydrogen-bond acceptors (Lipinski definition) is 5. The summed E-state index contributed by atoms with van der Waals surface area (Å²) in [6.45, 7) is 4.45. The van der Waals surface area contributed by atoms with E-state index in [0.717, 1.165) is 36.5 Å². The molecule has 0 unspecified atom stereocenters. The average molecular weight is 264 g/mol. The summed E-state index contributed by atoms with van der Waals surface area (Å²) in [5.41, 5.74) is 0. The molecular formula is C14H24N4O. The third kappa shape index (κ3) is 3.80. The molecule has 0 aromatic carbocycles. The molecule has 1 aliphatic rings. The molecule has 0 amide bonds. The van der Waals surface area contributed by atoms with Crippen LogP contribution < -0.4 is 10.2 Å². The number of anilines is 2. The van der Waals surface area contributed by atoms with Gasteiger partial charge in [0.05, 0.1) is 0 Å². The Labute approximate surface area is 115 Å². The molecule has 5 heteroatoms. The van der Waals surface area contributed by atoms with Crippen molar-refractivity contribution in [2.24, 2.45) is 5.92 Å². The predicted molar refractivity (Wildman–Crippen MR) is 77.5 cm³/mol. The number of ether oxygens (including phenoxy) is 1. The second kappa shape index (κ2) is 6.70. The zero-order valence-corrected chi connectivity index (χ0v) is 12.1. The van der Waals surface area contributed by atoms with Crippen LogP contribution in [0.2, 0.25) is 0 Å². The van der Waals surface area contributed by atoms with Crippen molar-refractivity contribution in [3.8, 4) is 0 Å². The van der Waals surface area contributed by atoms with Gasteiger partial charge in [0.2, 0.25) is 0 Å². The van der Waals surface area contributed by atoms with Crippen molar-refractivity contribution in [2.45, 2.75) is 32.8 Å². The molecule has 0 spiro atoms. The maximum absolute atomic E-state index is 5.14. The van der Waals surface area contributed by atoms with Gasteiger partial charge in [-0.3, -0.25) is 0 Å². The minimum atomic E-state index is 0.448. The fourth-order valence-corrected chi connectivity index (χ4v) is 2.30. The fraction of sp³-hybridized carbons (Fsp3) is 0.714. The van der Waals surface area contributed by atoms with Crippen molar-refractivity contribution in [2.75, 3.05) is 37.5 Å². The lowest BCUT2D eigenvalue weighted by molar-refractivity contribution is 0.178. The number of methoxy groups -OCH3 is 1. The van der Waals surface area contributed by atoms with Crippen LogP contribution in [-0.2, 0) is 11.3 Å². The topological polar surface area (TPSA) is 50.3 Å². The number of aromatic nitrogens is 2. The maximum atomic E-state index is 5.14. The summed E-state index contributed by atoms with van der Waals surface area (Å²) in [5.74, 6) is 3.41. The lowest BCUT2D eigenvalue weighted by Crippen LogP contribution is -2.30. The van der Waals surface area contributed by atoms with Crippen LogP contribution in [0.3, 0.4) is 0 Å². The van der Waals surface area contributed by atoms with Gasteiger partial charge in [-0.05, 0) is 25.7 Å². The number of hydrogen-bond donors (Lipinski definition) is 1. The van der Waals surface area contributed by atoms with Gasteiger partial charge < -0.3 is 15.0 Å². The van der Waals surface area contributed by atoms with Crippen LogP contribution in [0.25, 0.3) is 0 Å². The second-order valence-corrected chi connectivity index (χ2v) is 5.17. The van der Waals surface area contributed by atoms with Crippen LogP contribution >= 0.6 is 0 Å². The minimum Gasteiger partial charge on any atom is -0.377 e. The lowest BCUT2D eigenvalue weighted by Gasteiger charge is -2.30. The molecule has 0 atom stereocenters. The first-order valence-electron chi connectivity index (χ1n) is 7.04. The first-order valence-corrected chi connectivity index (χ1v) is 7.04. The number of rotatable bonds is 7. The van der Waals surface area contributed by atoms with Gasteiger partial charge in [0.1, 0.15) is 18.2 Å². The van der Waals surface area contributed by atoms with Gasteiger partial charge in [-0.1, -0.05) is 6.42 Å². The number of nitrogens with zero attached hydrogens (tertiary/aromatic N) is 3. The highest BCUT2D eigenvalue weighted by molar-refractivity contribution is 5.49. The lowest BCUT2D eigenvalue weighted by atomic mass is 9.85. The van der Waals surface area contributed by atoms with Crippen molar-refractivity contribution in [1.82, 2.24) is 9.97 Å². The standard InChI is InChI=1S/C14H24N4O/c1-4-15-12-8-14(17-13(16-12)10-19-3)18(2)9-11-6-5-7-11/h8,11H,4-7,9-10H2,1-3H3,(H,15,16,17). The molecule has 19 heavy (non-hydrogen) atoms. The molecule has 2 rings (SSSR count). The first-order chi connectivity index (χ1) is 9.22. The Hall–Kier alpha value is -1.36. The summed E-state index contributed by atoms with van der Waals surface area (Å²) in [4.78, 5) is 11.2. The van der Waals surface area contributed by atoms with E-state index in [0.29, 0.717) is 6.61 Å². The van der Waals surface area contributed by atoms with E-state index in [1.54, 1.807) is 7.11 Å². The maximum Gasteiger partial charge on any atom is 0.158 e. The van der Waals surface area contributed by atoms with E-state index < -0.39 is 0 Å². The third-order valence-corrected chi connectivity index (χ3v) is 3.54. The molecule has 1 aliphatic carbocycles. The molecule has 106 valence electrons. The molecule has 1 fully saturated rings. The molecule has 0 bridgehead atoms. The highest BCUT2D eigenvalue weighted by Crippen LogP contribution is 2.28. The zero-order valence-electron chi connectivity index (χ0n) is 12.1. The van der Waals surface area contributed by atoms with Crippen molar-refractivity contribution in [1.29, 1.82) is 0 Å². The van der Waals surface area contributed by atoms with Crippen molar-refractivity contribution >= 4 is 11.6 Å². The quantitative estimate of drug-likeness (QED) is 0.819. The Kier molecular flexibility index (Phi) is 4.96. The predicted octanol–water partition coefficient (Wildman–Crippen LogP) is 2.29. The second-order valence-electron chi connectivity index (χ2n) is 5.17. The van der Waals surface area contributed by atoms with Crippen LogP contribution in [0.1, 0.15) is 32.0 Å². The van der Waals surface area contributed by atoms with Gasteiger partial charge in [-0.25, -0.2) is 9.97 Å². The molecule has 1 aromatic heterocycles. The first kappa shape index (κ1) is 14.1. The van der Waals surface area contributed by atoms with E-state index >= 15 is 0 Å². The molecule has 1 saturated carbocycles. The summed E-state index contributed by atoms with van der Waals surface area (Å²) in [7, 11) is 3.77. The van der Waals surface area contributed by atoms with Crippen LogP contribution in [-0.4, -0.2) is 37.2 Å². The van der Waals surface area contributed by atoms with Crippen LogP contribution in [0.5, 0.6) is 0 Å². The molecule has 0 saturated heterocycles. The van der Waals surface area contributed by atoms with E-state index in [1.807, 2.05) is 6.07 Å². The Morgan fingerprint density at radius 1 is 1.42 bits per heavy atom. The average Bonchev–Trinajstić information content (AvgIpc) is 2.34. The van der Waals surface area contributed by atoms with Gasteiger partial charge in [0.25, 0.3) is 0 Å². The molecule has 5 nitrogen and oxygen atoms in total. The van der Waals surface area contributed by atoms with E-state index in [9.17, 15) is 0 Å². The smallest absolute Gasteiger partial charge is 0.158 e. The molecule has 1 aromatic rings. The van der Waals surface area contributed by atoms with Gasteiger partial charge in [0.15, 0.2) is 5.82 Å². The molecule has 0 aliphatic heterocycles. The Morgan fingerprint density at radius 3 is 2.79 bits per heavy atom. The fourth-order valence-electron chi connectivity index (χ4n) is 2.30. The summed E-state index contributed by atoms with van der Waals surface area (Å²) >= 11 is 0. The van der Waals surface area contributed by atoms with Crippen LogP contribution in [0.4, 0.5) is 11.6 Å². The molecule has 1 N–H and O–H groups in total. The third-order valence-electron chi connectivity index (χ3n) is 3.54. The molecular weight excluding hydrogens is 240 g/mol. The van der Waals surface area contributed by atoms with Crippen molar-refractivity contribution < 1.29 is 4.74 Å². The highest BCUT2D eigenvalue weighted by Gasteiger charge is 2.20. The largest absolute Gasteiger partial charge is 0.377 e. The Morgan fingerprint density at radius 2 is 2.21 bits per heavy atom. The van der Waals surface area contributed by atoms with Crippen LogP contribution in [0.15, 0.2) is 6.07 Å². The summed E-state index contributed by atoms with van der Waals surface area (Å²) in [6.07, 6.45) is 4.07. The highest BCUT2D eigenvalue weighted by atomic mass is 16.5. The van der Waals surface area contributed by atoms with E-state index in [2.05, 4.69) is 34.2 Å². The number of nitrogens with one attached hydrogen (secondary N) is 1. The summed E-state index contributed by atoms with van der Waals surface area (Å²) in [5, 5.41) is 3.25. The summed E-state index contributed by atoms with van der Waals surface area (Å²) < 4.78 is 5.14. The van der Waals surface area contributed by atoms with E-state index in [-0.39, 0.29) is 0 Å². The van der Waals surface area contributed by atoms with Crippen molar-refractivity contribution in [3.05, 3.63) is 11.9 Å². The van der Waals surface area contributed by atoms with Gasteiger partial charge >= 0.3 is 0 Å². The van der Waals surface area contributed by atoms with E-state index in [4.69, 9.17) is 4.74 Å². The zero-order chi connectivity index (χ0) is 13.7. The van der Waals surface area contributed by atoms with Crippen LogP contribution in [0, 0.1) is 5.92 Å². The Balaban J connectivity index is 2.11. The molecule has 1 heterocycles. The SMILES string of the molecule is CCNc1cc(N(C)CC2CCC2)nc(COC)n1. The van der Waals surface area contributed by atoms with E-state index in [1.165, 1.54) is 19.3 Å². The normalized spacial score (nSPS) is 15.1. The van der Waals surface area contributed by atoms with Gasteiger partial charge in [0, 0.05) is 33.3 Å². The molecule has 0 radical (unpaired) electrons.